The van der Waals surface area contributed by atoms with Crippen LogP contribution in [0.15, 0.2) is 30.5 Å². The fourth-order valence-corrected chi connectivity index (χ4v) is 2.30. The molecule has 3 rings (SSSR count). The number of carbonyl (C=O) groups is 1. The van der Waals surface area contributed by atoms with Gasteiger partial charge in [-0.1, -0.05) is 11.6 Å². The van der Waals surface area contributed by atoms with E-state index in [-0.39, 0.29) is 17.8 Å². The fraction of sp³-hybridized carbons (Fsp3) is 0.0667. The summed E-state index contributed by atoms with van der Waals surface area (Å²) in [7, 11) is 0. The number of halogens is 4. The fourth-order valence-electron chi connectivity index (χ4n) is 2.10. The summed E-state index contributed by atoms with van der Waals surface area (Å²) in [6, 6.07) is 4.75. The monoisotopic (exact) mass is 339 g/mol. The minimum Gasteiger partial charge on any atom is -0.347 e. The number of hydrogen-bond donors (Lipinski definition) is 2. The lowest BCUT2D eigenvalue weighted by molar-refractivity contribution is 0.0946. The quantitative estimate of drug-likeness (QED) is 0.717. The molecule has 0 saturated carbocycles. The number of fused-ring (bicyclic) bond motifs is 1. The topological polar surface area (TPSA) is 57.8 Å². The highest BCUT2D eigenvalue weighted by Gasteiger charge is 2.14. The van der Waals surface area contributed by atoms with Gasteiger partial charge in [0.1, 0.15) is 11.3 Å². The second-order valence-electron chi connectivity index (χ2n) is 4.79. The maximum absolute atomic E-state index is 13.1. The molecule has 4 nitrogen and oxygen atoms in total. The molecular formula is C15H9ClF3N3O. The van der Waals surface area contributed by atoms with Crippen LogP contribution in [-0.2, 0) is 6.54 Å². The molecule has 0 bridgehead atoms. The first-order valence-electron chi connectivity index (χ1n) is 6.50. The lowest BCUT2D eigenvalue weighted by atomic mass is 10.2. The van der Waals surface area contributed by atoms with Gasteiger partial charge in [-0.05, 0) is 29.8 Å². The van der Waals surface area contributed by atoms with Crippen molar-refractivity contribution in [1.82, 2.24) is 15.3 Å². The van der Waals surface area contributed by atoms with E-state index in [2.05, 4.69) is 15.3 Å². The molecule has 0 aliphatic carbocycles. The highest BCUT2D eigenvalue weighted by atomic mass is 35.5. The van der Waals surface area contributed by atoms with Crippen molar-refractivity contribution in [2.24, 2.45) is 0 Å². The predicted octanol–water partition coefficient (Wildman–Crippen LogP) is 3.56. The molecule has 1 amide bonds. The minimum absolute atomic E-state index is 0.0991. The number of amides is 1. The molecule has 23 heavy (non-hydrogen) atoms. The number of nitrogens with zero attached hydrogens (tertiary/aromatic N) is 1. The molecule has 0 aliphatic heterocycles. The molecule has 2 heterocycles. The van der Waals surface area contributed by atoms with Gasteiger partial charge in [-0.2, -0.15) is 0 Å². The summed E-state index contributed by atoms with van der Waals surface area (Å²) in [6.07, 6.45) is 1.49. The highest BCUT2D eigenvalue weighted by Crippen LogP contribution is 2.22. The Morgan fingerprint density at radius 1 is 1.22 bits per heavy atom. The van der Waals surface area contributed by atoms with E-state index in [0.717, 1.165) is 12.1 Å². The van der Waals surface area contributed by atoms with E-state index in [9.17, 15) is 18.0 Å². The summed E-state index contributed by atoms with van der Waals surface area (Å²) >= 11 is 5.99. The first kappa shape index (κ1) is 15.4. The lowest BCUT2D eigenvalue weighted by Crippen LogP contribution is -2.23. The van der Waals surface area contributed by atoms with Crippen molar-refractivity contribution in [2.75, 3.05) is 0 Å². The van der Waals surface area contributed by atoms with Crippen molar-refractivity contribution in [3.8, 4) is 0 Å². The summed E-state index contributed by atoms with van der Waals surface area (Å²) < 4.78 is 39.1. The Bertz CT molecular complexity index is 887. The van der Waals surface area contributed by atoms with Crippen LogP contribution in [0.2, 0.25) is 5.02 Å². The Morgan fingerprint density at radius 2 is 1.91 bits per heavy atom. The third kappa shape index (κ3) is 3.00. The zero-order chi connectivity index (χ0) is 16.6. The van der Waals surface area contributed by atoms with Crippen LogP contribution in [0.1, 0.15) is 16.1 Å². The van der Waals surface area contributed by atoms with Gasteiger partial charge in [0.2, 0.25) is 0 Å². The number of pyridine rings is 1. The van der Waals surface area contributed by atoms with Crippen molar-refractivity contribution in [3.05, 3.63) is 64.2 Å². The average Bonchev–Trinajstić information content (AvgIpc) is 2.96. The molecule has 0 radical (unpaired) electrons. The van der Waals surface area contributed by atoms with Crippen molar-refractivity contribution < 1.29 is 18.0 Å². The van der Waals surface area contributed by atoms with Crippen LogP contribution >= 0.6 is 11.6 Å². The number of carbonyl (C=O) groups excluding carboxylic acids is 1. The van der Waals surface area contributed by atoms with Crippen molar-refractivity contribution in [3.63, 3.8) is 0 Å². The minimum atomic E-state index is -1.54. The summed E-state index contributed by atoms with van der Waals surface area (Å²) in [6.45, 7) is -0.163. The van der Waals surface area contributed by atoms with E-state index in [0.29, 0.717) is 16.1 Å². The molecule has 2 aromatic heterocycles. The number of nitrogens with one attached hydrogen (secondary N) is 2. The highest BCUT2D eigenvalue weighted by molar-refractivity contribution is 6.35. The van der Waals surface area contributed by atoms with Gasteiger partial charge in [-0.25, -0.2) is 18.2 Å². The van der Waals surface area contributed by atoms with E-state index in [1.54, 1.807) is 6.07 Å². The molecule has 0 aliphatic rings. The van der Waals surface area contributed by atoms with Crippen molar-refractivity contribution >= 4 is 28.5 Å². The molecule has 2 N–H and O–H groups in total. The van der Waals surface area contributed by atoms with Crippen LogP contribution in [0.5, 0.6) is 0 Å². The Kier molecular flexibility index (Phi) is 3.96. The van der Waals surface area contributed by atoms with Crippen LogP contribution in [0.25, 0.3) is 11.0 Å². The van der Waals surface area contributed by atoms with Crippen LogP contribution in [0.4, 0.5) is 13.2 Å². The van der Waals surface area contributed by atoms with Gasteiger partial charge in [-0.3, -0.25) is 4.79 Å². The molecule has 3 aromatic rings. The van der Waals surface area contributed by atoms with Gasteiger partial charge in [0.15, 0.2) is 17.5 Å². The van der Waals surface area contributed by atoms with Crippen LogP contribution in [0, 0.1) is 17.5 Å². The van der Waals surface area contributed by atoms with Gasteiger partial charge >= 0.3 is 0 Å². The molecule has 0 spiro atoms. The van der Waals surface area contributed by atoms with E-state index in [1.165, 1.54) is 12.3 Å². The average molecular weight is 340 g/mol. The third-order valence-electron chi connectivity index (χ3n) is 3.22. The maximum Gasteiger partial charge on any atom is 0.268 e. The molecule has 0 saturated heterocycles. The van der Waals surface area contributed by atoms with Gasteiger partial charge < -0.3 is 10.3 Å². The van der Waals surface area contributed by atoms with Crippen LogP contribution < -0.4 is 5.32 Å². The standard InChI is InChI=1S/C15H9ClF3N3O/c16-9-1-2-20-14-8(9)5-12(22-14)15(23)21-6-7-3-10(17)13(19)11(18)4-7/h1-5H,6H2,(H,20,22)(H,21,23). The predicted molar refractivity (Wildman–Crippen MR) is 78.6 cm³/mol. The summed E-state index contributed by atoms with van der Waals surface area (Å²) in [5.74, 6) is -4.67. The van der Waals surface area contributed by atoms with Crippen LogP contribution in [-0.4, -0.2) is 15.9 Å². The molecule has 118 valence electrons. The van der Waals surface area contributed by atoms with Gasteiger partial charge in [0.25, 0.3) is 5.91 Å². The molecule has 0 fully saturated rings. The molecule has 1 aromatic carbocycles. The molecule has 0 unspecified atom stereocenters. The summed E-state index contributed by atoms with van der Waals surface area (Å²) in [4.78, 5) is 18.9. The number of rotatable bonds is 3. The first-order chi connectivity index (χ1) is 11.0. The lowest BCUT2D eigenvalue weighted by Gasteiger charge is -2.05. The number of H-pyrrole nitrogens is 1. The zero-order valence-electron chi connectivity index (χ0n) is 11.5. The Morgan fingerprint density at radius 3 is 2.57 bits per heavy atom. The number of aromatic amines is 1. The maximum atomic E-state index is 13.1. The Hall–Kier alpha value is -2.54. The first-order valence-corrected chi connectivity index (χ1v) is 6.88. The largest absolute Gasteiger partial charge is 0.347 e. The summed E-state index contributed by atoms with van der Waals surface area (Å²) in [5, 5.41) is 3.49. The molecule has 0 atom stereocenters. The van der Waals surface area contributed by atoms with Crippen molar-refractivity contribution in [2.45, 2.75) is 6.54 Å². The second-order valence-corrected chi connectivity index (χ2v) is 5.20. The smallest absolute Gasteiger partial charge is 0.268 e. The van der Waals surface area contributed by atoms with Crippen molar-refractivity contribution in [1.29, 1.82) is 0 Å². The SMILES string of the molecule is O=C(NCc1cc(F)c(F)c(F)c1)c1cc2c(Cl)ccnc2[nH]1. The van der Waals surface area contributed by atoms with E-state index < -0.39 is 23.4 Å². The summed E-state index contributed by atoms with van der Waals surface area (Å²) in [5.41, 5.74) is 0.743. The second kappa shape index (κ2) is 5.92. The Labute approximate surface area is 133 Å². The van der Waals surface area contributed by atoms with Gasteiger partial charge in [0.05, 0.1) is 5.02 Å². The number of aromatic nitrogens is 2. The van der Waals surface area contributed by atoms with Crippen LogP contribution in [0.3, 0.4) is 0 Å². The molecular weight excluding hydrogens is 331 g/mol. The van der Waals surface area contributed by atoms with Gasteiger partial charge in [-0.15, -0.1) is 0 Å². The third-order valence-corrected chi connectivity index (χ3v) is 3.55. The zero-order valence-corrected chi connectivity index (χ0v) is 12.2. The van der Waals surface area contributed by atoms with E-state index in [1.807, 2.05) is 0 Å². The van der Waals surface area contributed by atoms with E-state index in [4.69, 9.17) is 11.6 Å². The number of hydrogen-bond acceptors (Lipinski definition) is 2. The van der Waals surface area contributed by atoms with Gasteiger partial charge in [0, 0.05) is 18.1 Å². The number of benzene rings is 1. The van der Waals surface area contributed by atoms with E-state index >= 15 is 0 Å². The Balaban J connectivity index is 1.77. The molecule has 8 heteroatoms. The normalized spacial score (nSPS) is 11.0.